The molecule has 0 saturated carbocycles. The number of ether oxygens (including phenoxy) is 3. The molecular weight excluding hydrogens is 348 g/mol. The number of halogens is 1. The maximum atomic E-state index is 12.5. The van der Waals surface area contributed by atoms with Crippen LogP contribution in [0.25, 0.3) is 0 Å². The lowest BCUT2D eigenvalue weighted by atomic mass is 9.89. The van der Waals surface area contributed by atoms with Gasteiger partial charge in [-0.25, -0.2) is 0 Å². The molecule has 0 spiro atoms. The summed E-state index contributed by atoms with van der Waals surface area (Å²) in [5.41, 5.74) is 7.64. The van der Waals surface area contributed by atoms with Crippen LogP contribution in [0.3, 0.4) is 0 Å². The van der Waals surface area contributed by atoms with Gasteiger partial charge < -0.3 is 24.8 Å². The number of carbonyl (C=O) groups excluding carboxylic acids is 2. The molecule has 1 unspecified atom stereocenters. The van der Waals surface area contributed by atoms with E-state index in [9.17, 15) is 9.59 Å². The number of esters is 1. The van der Waals surface area contributed by atoms with Crippen LogP contribution in [0.15, 0.2) is 12.1 Å². The molecule has 1 aliphatic rings. The summed E-state index contributed by atoms with van der Waals surface area (Å²) in [5.74, 6) is 0.607. The van der Waals surface area contributed by atoms with Crippen molar-refractivity contribution in [3.05, 3.63) is 23.3 Å². The highest BCUT2D eigenvalue weighted by Crippen LogP contribution is 2.39. The molecule has 1 amide bonds. The Morgan fingerprint density at radius 3 is 2.36 bits per heavy atom. The molecule has 0 radical (unpaired) electrons. The molecular formula is C17H25ClN2O5. The van der Waals surface area contributed by atoms with Crippen LogP contribution < -0.4 is 15.2 Å². The Labute approximate surface area is 153 Å². The van der Waals surface area contributed by atoms with Crippen molar-refractivity contribution in [3.63, 3.8) is 0 Å². The first-order chi connectivity index (χ1) is 11.4. The maximum Gasteiger partial charge on any atom is 0.307 e. The number of benzene rings is 1. The molecule has 0 aromatic heterocycles. The number of methoxy groups -OCH3 is 3. The van der Waals surface area contributed by atoms with Crippen molar-refractivity contribution in [2.75, 3.05) is 27.9 Å². The Kier molecular flexibility index (Phi) is 7.51. The number of nitrogens with two attached hydrogens (primary N) is 1. The number of hydrogen-bond acceptors (Lipinski definition) is 6. The van der Waals surface area contributed by atoms with Crippen LogP contribution in [0.1, 0.15) is 30.5 Å². The van der Waals surface area contributed by atoms with E-state index in [2.05, 4.69) is 0 Å². The molecule has 7 nitrogen and oxygen atoms in total. The summed E-state index contributed by atoms with van der Waals surface area (Å²) in [7, 11) is 4.45. The van der Waals surface area contributed by atoms with Crippen LogP contribution in [-0.2, 0) is 20.7 Å². The predicted octanol–water partition coefficient (Wildman–Crippen LogP) is 1.46. The van der Waals surface area contributed by atoms with Crippen molar-refractivity contribution in [1.82, 2.24) is 4.90 Å². The van der Waals surface area contributed by atoms with Crippen molar-refractivity contribution in [3.8, 4) is 11.5 Å². The van der Waals surface area contributed by atoms with Gasteiger partial charge in [0.15, 0.2) is 11.5 Å². The van der Waals surface area contributed by atoms with E-state index in [-0.39, 0.29) is 30.7 Å². The molecule has 1 aromatic rings. The number of amides is 1. The molecule has 1 aromatic carbocycles. The van der Waals surface area contributed by atoms with E-state index in [1.165, 1.54) is 7.11 Å². The Hall–Kier alpha value is -1.99. The van der Waals surface area contributed by atoms with Gasteiger partial charge >= 0.3 is 5.97 Å². The van der Waals surface area contributed by atoms with Crippen molar-refractivity contribution in [2.45, 2.75) is 31.8 Å². The normalized spacial score (nSPS) is 17.0. The fourth-order valence-corrected chi connectivity index (χ4v) is 3.01. The lowest BCUT2D eigenvalue weighted by Gasteiger charge is -2.38. The summed E-state index contributed by atoms with van der Waals surface area (Å²) in [5, 5.41) is 0. The zero-order valence-electron chi connectivity index (χ0n) is 14.9. The first kappa shape index (κ1) is 21.1. The number of hydrogen-bond donors (Lipinski definition) is 1. The summed E-state index contributed by atoms with van der Waals surface area (Å²) >= 11 is 0. The first-order valence-corrected chi connectivity index (χ1v) is 7.80. The molecule has 0 aliphatic carbocycles. The average Bonchev–Trinajstić information content (AvgIpc) is 2.59. The van der Waals surface area contributed by atoms with Crippen LogP contribution in [0.2, 0.25) is 0 Å². The predicted molar refractivity (Wildman–Crippen MR) is 95.2 cm³/mol. The Bertz CT molecular complexity index is 636. The summed E-state index contributed by atoms with van der Waals surface area (Å²) in [6.07, 6.45) is 0.725. The minimum atomic E-state index is -0.633. The van der Waals surface area contributed by atoms with Gasteiger partial charge in [-0.2, -0.15) is 0 Å². The zero-order valence-corrected chi connectivity index (χ0v) is 15.7. The highest BCUT2D eigenvalue weighted by molar-refractivity contribution is 5.85. The summed E-state index contributed by atoms with van der Waals surface area (Å²) in [6, 6.07) is 2.65. The fourth-order valence-electron chi connectivity index (χ4n) is 3.01. The van der Waals surface area contributed by atoms with E-state index in [1.54, 1.807) is 26.0 Å². The smallest absolute Gasteiger partial charge is 0.307 e. The minimum absolute atomic E-state index is 0. The largest absolute Gasteiger partial charge is 0.493 e. The van der Waals surface area contributed by atoms with Gasteiger partial charge in [0.25, 0.3) is 0 Å². The Morgan fingerprint density at radius 2 is 1.84 bits per heavy atom. The number of rotatable bonds is 5. The second-order valence-electron chi connectivity index (χ2n) is 5.77. The first-order valence-electron chi connectivity index (χ1n) is 7.80. The third-order valence-electron chi connectivity index (χ3n) is 4.26. The van der Waals surface area contributed by atoms with E-state index >= 15 is 0 Å². The van der Waals surface area contributed by atoms with Crippen LogP contribution in [0.4, 0.5) is 0 Å². The van der Waals surface area contributed by atoms with Crippen molar-refractivity contribution < 1.29 is 23.8 Å². The van der Waals surface area contributed by atoms with E-state index in [0.717, 1.165) is 11.1 Å². The van der Waals surface area contributed by atoms with Gasteiger partial charge in [-0.05, 0) is 36.6 Å². The SMILES string of the molecule is COC(=O)CC1c2cc(OC)c(OC)cc2CCN1C(=O)[C@@H](C)N.Cl. The molecule has 8 heteroatoms. The summed E-state index contributed by atoms with van der Waals surface area (Å²) in [6.45, 7) is 2.13. The van der Waals surface area contributed by atoms with Crippen LogP contribution in [0.5, 0.6) is 11.5 Å². The topological polar surface area (TPSA) is 91.1 Å². The highest BCUT2D eigenvalue weighted by atomic mass is 35.5. The second-order valence-corrected chi connectivity index (χ2v) is 5.77. The standard InChI is InChI=1S/C17H24N2O5.ClH/c1-10(18)17(21)19-6-5-11-7-14(22-2)15(23-3)8-12(11)13(19)9-16(20)24-4;/h7-8,10,13H,5-6,9,18H2,1-4H3;1H/t10-,13?;/m1./s1. The van der Waals surface area contributed by atoms with Gasteiger partial charge in [0.2, 0.25) is 5.91 Å². The van der Waals surface area contributed by atoms with Crippen molar-refractivity contribution >= 4 is 24.3 Å². The van der Waals surface area contributed by atoms with Gasteiger partial charge in [0.1, 0.15) is 0 Å². The van der Waals surface area contributed by atoms with Gasteiger partial charge in [0.05, 0.1) is 39.8 Å². The summed E-state index contributed by atoms with van der Waals surface area (Å²) < 4.78 is 15.5. The fraction of sp³-hybridized carbons (Fsp3) is 0.529. The molecule has 0 fully saturated rings. The molecule has 0 bridgehead atoms. The third-order valence-corrected chi connectivity index (χ3v) is 4.26. The van der Waals surface area contributed by atoms with E-state index in [1.807, 2.05) is 12.1 Å². The van der Waals surface area contributed by atoms with Gasteiger partial charge in [-0.15, -0.1) is 12.4 Å². The molecule has 2 rings (SSSR count). The zero-order chi connectivity index (χ0) is 17.9. The molecule has 1 heterocycles. The van der Waals surface area contributed by atoms with Gasteiger partial charge in [-0.1, -0.05) is 0 Å². The summed E-state index contributed by atoms with van der Waals surface area (Å²) in [4.78, 5) is 26.0. The van der Waals surface area contributed by atoms with Crippen molar-refractivity contribution in [2.24, 2.45) is 5.73 Å². The maximum absolute atomic E-state index is 12.5. The highest BCUT2D eigenvalue weighted by Gasteiger charge is 2.34. The number of fused-ring (bicyclic) bond motifs is 1. The second kappa shape index (κ2) is 8.92. The molecule has 2 N–H and O–H groups in total. The molecule has 140 valence electrons. The number of nitrogens with zero attached hydrogens (tertiary/aromatic N) is 1. The minimum Gasteiger partial charge on any atom is -0.493 e. The quantitative estimate of drug-likeness (QED) is 0.787. The van der Waals surface area contributed by atoms with Crippen LogP contribution in [-0.4, -0.2) is 50.7 Å². The Morgan fingerprint density at radius 1 is 1.24 bits per heavy atom. The van der Waals surface area contributed by atoms with Crippen LogP contribution >= 0.6 is 12.4 Å². The van der Waals surface area contributed by atoms with E-state index < -0.39 is 12.1 Å². The Balaban J connectivity index is 0.00000312. The van der Waals surface area contributed by atoms with Gasteiger partial charge in [-0.3, -0.25) is 9.59 Å². The van der Waals surface area contributed by atoms with Crippen LogP contribution in [0, 0.1) is 0 Å². The number of carbonyl (C=O) groups is 2. The molecule has 25 heavy (non-hydrogen) atoms. The van der Waals surface area contributed by atoms with E-state index in [0.29, 0.717) is 24.5 Å². The van der Waals surface area contributed by atoms with E-state index in [4.69, 9.17) is 19.9 Å². The third kappa shape index (κ3) is 4.35. The van der Waals surface area contributed by atoms with Crippen molar-refractivity contribution in [1.29, 1.82) is 0 Å². The average molecular weight is 373 g/mol. The van der Waals surface area contributed by atoms with Gasteiger partial charge in [0, 0.05) is 6.54 Å². The lowest BCUT2D eigenvalue weighted by molar-refractivity contribution is -0.144. The molecule has 1 aliphatic heterocycles. The molecule has 2 atom stereocenters. The lowest BCUT2D eigenvalue weighted by Crippen LogP contribution is -2.47. The monoisotopic (exact) mass is 372 g/mol. The molecule has 0 saturated heterocycles.